The average molecular weight is 194 g/mol. The highest BCUT2D eigenvalue weighted by Gasteiger charge is 2.22. The fourth-order valence-corrected chi connectivity index (χ4v) is 2.19. The number of hydrogen-bond donors (Lipinski definition) is 2. The molecule has 1 atom stereocenters. The third-order valence-corrected chi connectivity index (χ3v) is 2.88. The number of aromatic amines is 1. The van der Waals surface area contributed by atoms with Crippen LogP contribution in [0.4, 0.5) is 5.95 Å². The second-order valence-electron chi connectivity index (χ2n) is 3.83. The van der Waals surface area contributed by atoms with Crippen LogP contribution in [0.5, 0.6) is 0 Å². The van der Waals surface area contributed by atoms with Crippen molar-refractivity contribution >= 4 is 5.95 Å². The van der Waals surface area contributed by atoms with Gasteiger partial charge < -0.3 is 15.6 Å². The molecule has 78 valence electrons. The van der Waals surface area contributed by atoms with Crippen molar-refractivity contribution < 1.29 is 0 Å². The van der Waals surface area contributed by atoms with Crippen molar-refractivity contribution in [1.82, 2.24) is 9.97 Å². The zero-order valence-corrected chi connectivity index (χ0v) is 8.45. The standard InChI is InChI=1S/C10H18N4/c11-5-4-9-3-1-2-8-14(9)10-12-6-7-13-10/h6-7,9H,1-5,8,11H2,(H,12,13). The molecule has 0 aromatic carbocycles. The number of H-pyrrole nitrogens is 1. The Morgan fingerprint density at radius 3 is 3.21 bits per heavy atom. The van der Waals surface area contributed by atoms with Gasteiger partial charge in [-0.25, -0.2) is 4.98 Å². The van der Waals surface area contributed by atoms with E-state index < -0.39 is 0 Å². The minimum absolute atomic E-state index is 0.583. The molecule has 14 heavy (non-hydrogen) atoms. The highest BCUT2D eigenvalue weighted by atomic mass is 15.3. The zero-order chi connectivity index (χ0) is 9.80. The van der Waals surface area contributed by atoms with Crippen LogP contribution in [0.15, 0.2) is 12.4 Å². The third-order valence-electron chi connectivity index (χ3n) is 2.88. The molecule has 0 aliphatic carbocycles. The fraction of sp³-hybridized carbons (Fsp3) is 0.700. The summed E-state index contributed by atoms with van der Waals surface area (Å²) in [5.74, 6) is 1.00. The molecule has 0 amide bonds. The molecule has 0 bridgehead atoms. The Kier molecular flexibility index (Phi) is 3.03. The first-order chi connectivity index (χ1) is 6.92. The Labute approximate surface area is 84.5 Å². The maximum atomic E-state index is 5.62. The Morgan fingerprint density at radius 1 is 1.57 bits per heavy atom. The lowest BCUT2D eigenvalue weighted by Crippen LogP contribution is -2.41. The lowest BCUT2D eigenvalue weighted by atomic mass is 10.00. The lowest BCUT2D eigenvalue weighted by Gasteiger charge is -2.35. The van der Waals surface area contributed by atoms with Crippen molar-refractivity contribution in [2.45, 2.75) is 31.7 Å². The Balaban J connectivity index is 2.06. The lowest BCUT2D eigenvalue weighted by molar-refractivity contribution is 0.436. The molecule has 1 aromatic heterocycles. The van der Waals surface area contributed by atoms with Crippen molar-refractivity contribution in [3.63, 3.8) is 0 Å². The molecule has 0 radical (unpaired) electrons. The first-order valence-corrected chi connectivity index (χ1v) is 5.38. The summed E-state index contributed by atoms with van der Waals surface area (Å²) in [4.78, 5) is 9.83. The van der Waals surface area contributed by atoms with Gasteiger partial charge in [0.1, 0.15) is 0 Å². The summed E-state index contributed by atoms with van der Waals surface area (Å²) in [5, 5.41) is 0. The SMILES string of the molecule is NCCC1CCCCN1c1ncc[nH]1. The normalized spacial score (nSPS) is 22.6. The summed E-state index contributed by atoms with van der Waals surface area (Å²) in [5.41, 5.74) is 5.62. The van der Waals surface area contributed by atoms with Gasteiger partial charge in [0.25, 0.3) is 0 Å². The van der Waals surface area contributed by atoms with Crippen molar-refractivity contribution in [1.29, 1.82) is 0 Å². The molecule has 0 spiro atoms. The Bertz CT molecular complexity index is 255. The van der Waals surface area contributed by atoms with E-state index in [0.29, 0.717) is 6.04 Å². The van der Waals surface area contributed by atoms with Crippen LogP contribution < -0.4 is 10.6 Å². The number of nitrogens with zero attached hydrogens (tertiary/aromatic N) is 2. The molecule has 2 rings (SSSR count). The summed E-state index contributed by atoms with van der Waals surface area (Å²) in [6, 6.07) is 0.583. The number of nitrogens with one attached hydrogen (secondary N) is 1. The minimum Gasteiger partial charge on any atom is -0.339 e. The molecule has 1 aliphatic heterocycles. The van der Waals surface area contributed by atoms with Crippen LogP contribution in [-0.4, -0.2) is 29.1 Å². The molecule has 3 N–H and O–H groups in total. The van der Waals surface area contributed by atoms with Gasteiger partial charge in [-0.3, -0.25) is 0 Å². The maximum absolute atomic E-state index is 5.62. The topological polar surface area (TPSA) is 57.9 Å². The molecule has 1 fully saturated rings. The Hall–Kier alpha value is -1.03. The summed E-state index contributed by atoms with van der Waals surface area (Å²) < 4.78 is 0. The van der Waals surface area contributed by atoms with Gasteiger partial charge in [-0.05, 0) is 32.2 Å². The monoisotopic (exact) mass is 194 g/mol. The van der Waals surface area contributed by atoms with Crippen LogP contribution in [0.1, 0.15) is 25.7 Å². The molecular formula is C10H18N4. The van der Waals surface area contributed by atoms with E-state index in [-0.39, 0.29) is 0 Å². The van der Waals surface area contributed by atoms with Crippen LogP contribution in [0.3, 0.4) is 0 Å². The quantitative estimate of drug-likeness (QED) is 0.758. The smallest absolute Gasteiger partial charge is 0.202 e. The van der Waals surface area contributed by atoms with Gasteiger partial charge in [-0.15, -0.1) is 0 Å². The fourth-order valence-electron chi connectivity index (χ4n) is 2.19. The van der Waals surface area contributed by atoms with Crippen molar-refractivity contribution in [3.8, 4) is 0 Å². The highest BCUT2D eigenvalue weighted by Crippen LogP contribution is 2.22. The first-order valence-electron chi connectivity index (χ1n) is 5.38. The zero-order valence-electron chi connectivity index (χ0n) is 8.45. The van der Waals surface area contributed by atoms with Gasteiger partial charge in [0.15, 0.2) is 0 Å². The molecule has 1 saturated heterocycles. The van der Waals surface area contributed by atoms with Crippen LogP contribution in [-0.2, 0) is 0 Å². The maximum Gasteiger partial charge on any atom is 0.202 e. The van der Waals surface area contributed by atoms with Crippen molar-refractivity contribution in [3.05, 3.63) is 12.4 Å². The van der Waals surface area contributed by atoms with E-state index in [2.05, 4.69) is 14.9 Å². The number of anilines is 1. The van der Waals surface area contributed by atoms with Gasteiger partial charge in [0.2, 0.25) is 5.95 Å². The number of rotatable bonds is 3. The largest absolute Gasteiger partial charge is 0.339 e. The summed E-state index contributed by atoms with van der Waals surface area (Å²) in [6.07, 6.45) is 8.59. The van der Waals surface area contributed by atoms with Gasteiger partial charge in [-0.1, -0.05) is 0 Å². The van der Waals surface area contributed by atoms with E-state index in [1.54, 1.807) is 0 Å². The molecule has 1 aromatic rings. The van der Waals surface area contributed by atoms with Crippen LogP contribution >= 0.6 is 0 Å². The predicted molar refractivity (Wildman–Crippen MR) is 57.2 cm³/mol. The van der Waals surface area contributed by atoms with E-state index in [4.69, 9.17) is 5.73 Å². The molecule has 0 saturated carbocycles. The predicted octanol–water partition coefficient (Wildman–Crippen LogP) is 1.12. The van der Waals surface area contributed by atoms with E-state index >= 15 is 0 Å². The third kappa shape index (κ3) is 1.90. The highest BCUT2D eigenvalue weighted by molar-refractivity contribution is 5.31. The van der Waals surface area contributed by atoms with Gasteiger partial charge in [-0.2, -0.15) is 0 Å². The van der Waals surface area contributed by atoms with E-state index in [0.717, 1.165) is 25.5 Å². The average Bonchev–Trinajstić information content (AvgIpc) is 2.72. The van der Waals surface area contributed by atoms with Crippen LogP contribution in [0.25, 0.3) is 0 Å². The molecule has 4 heteroatoms. The molecular weight excluding hydrogens is 176 g/mol. The van der Waals surface area contributed by atoms with Crippen LogP contribution in [0.2, 0.25) is 0 Å². The van der Waals surface area contributed by atoms with E-state index in [9.17, 15) is 0 Å². The molecule has 1 unspecified atom stereocenters. The minimum atomic E-state index is 0.583. The van der Waals surface area contributed by atoms with E-state index in [1.807, 2.05) is 12.4 Å². The number of hydrogen-bond acceptors (Lipinski definition) is 3. The molecule has 4 nitrogen and oxygen atoms in total. The number of imidazole rings is 1. The van der Waals surface area contributed by atoms with Gasteiger partial charge >= 0.3 is 0 Å². The van der Waals surface area contributed by atoms with Crippen molar-refractivity contribution in [2.75, 3.05) is 18.0 Å². The summed E-state index contributed by atoms with van der Waals surface area (Å²) in [6.45, 7) is 1.88. The second-order valence-corrected chi connectivity index (χ2v) is 3.83. The first kappa shape index (κ1) is 9.52. The van der Waals surface area contributed by atoms with Crippen molar-refractivity contribution in [2.24, 2.45) is 5.73 Å². The second kappa shape index (κ2) is 4.46. The van der Waals surface area contributed by atoms with E-state index in [1.165, 1.54) is 19.3 Å². The Morgan fingerprint density at radius 2 is 2.50 bits per heavy atom. The summed E-state index contributed by atoms with van der Waals surface area (Å²) >= 11 is 0. The van der Waals surface area contributed by atoms with Crippen LogP contribution in [0, 0.1) is 0 Å². The molecule has 2 heterocycles. The number of piperidine rings is 1. The number of nitrogens with two attached hydrogens (primary N) is 1. The van der Waals surface area contributed by atoms with Gasteiger partial charge in [0, 0.05) is 25.0 Å². The number of aromatic nitrogens is 2. The molecule has 1 aliphatic rings. The summed E-state index contributed by atoms with van der Waals surface area (Å²) in [7, 11) is 0. The van der Waals surface area contributed by atoms with Gasteiger partial charge in [0.05, 0.1) is 0 Å².